The number of aryl methyl sites for hydroxylation is 2. The third-order valence-electron chi connectivity index (χ3n) is 3.89. The van der Waals surface area contributed by atoms with Crippen LogP contribution in [0.3, 0.4) is 0 Å². The van der Waals surface area contributed by atoms with Gasteiger partial charge >= 0.3 is 0 Å². The Kier molecular flexibility index (Phi) is 4.75. The number of aromatic nitrogens is 2. The second-order valence-corrected chi connectivity index (χ2v) is 5.49. The summed E-state index contributed by atoms with van der Waals surface area (Å²) >= 11 is 0. The largest absolute Gasteiger partial charge is 0.496 e. The van der Waals surface area contributed by atoms with Crippen LogP contribution in [0.25, 0.3) is 11.1 Å². The number of nitrogens with zero attached hydrogens (tertiary/aromatic N) is 2. The lowest BCUT2D eigenvalue weighted by Gasteiger charge is -2.14. The maximum atomic E-state index is 6.01. The van der Waals surface area contributed by atoms with E-state index in [-0.39, 0.29) is 0 Å². The number of methoxy groups -OCH3 is 1. The summed E-state index contributed by atoms with van der Waals surface area (Å²) in [4.78, 5) is 8.67. The highest BCUT2D eigenvalue weighted by Gasteiger charge is 2.15. The van der Waals surface area contributed by atoms with Crippen molar-refractivity contribution in [3.8, 4) is 28.5 Å². The molecule has 0 N–H and O–H groups in total. The van der Waals surface area contributed by atoms with Crippen molar-refractivity contribution in [1.82, 2.24) is 9.97 Å². The second-order valence-electron chi connectivity index (χ2n) is 5.49. The molecule has 3 rings (SSSR count). The molecule has 0 amide bonds. The molecule has 2 aromatic heterocycles. The minimum atomic E-state index is 0.535. The quantitative estimate of drug-likeness (QED) is 0.676. The third-order valence-corrected chi connectivity index (χ3v) is 3.89. The Morgan fingerprint density at radius 2 is 1.79 bits per heavy atom. The SMILES string of the molecule is CCc1ccc(Oc2ncccc2-c2cncc(C)c2OC)cc1. The van der Waals surface area contributed by atoms with E-state index in [0.29, 0.717) is 5.88 Å². The van der Waals surface area contributed by atoms with Crippen LogP contribution < -0.4 is 9.47 Å². The Labute approximate surface area is 142 Å². The van der Waals surface area contributed by atoms with Crippen molar-refractivity contribution in [1.29, 1.82) is 0 Å². The van der Waals surface area contributed by atoms with Gasteiger partial charge < -0.3 is 9.47 Å². The molecule has 0 fully saturated rings. The van der Waals surface area contributed by atoms with Crippen molar-refractivity contribution in [2.45, 2.75) is 20.3 Å². The lowest BCUT2D eigenvalue weighted by atomic mass is 10.1. The Morgan fingerprint density at radius 3 is 2.50 bits per heavy atom. The molecule has 0 aliphatic carbocycles. The first-order valence-corrected chi connectivity index (χ1v) is 7.93. The molecular formula is C20H20N2O2. The van der Waals surface area contributed by atoms with E-state index in [2.05, 4.69) is 29.0 Å². The molecule has 2 heterocycles. The molecule has 3 aromatic rings. The van der Waals surface area contributed by atoms with Crippen molar-refractivity contribution in [3.05, 3.63) is 66.1 Å². The molecule has 0 saturated heterocycles. The van der Waals surface area contributed by atoms with Gasteiger partial charge in [-0.3, -0.25) is 4.98 Å². The predicted octanol–water partition coefficient (Wildman–Crippen LogP) is 4.82. The summed E-state index contributed by atoms with van der Waals surface area (Å²) in [6, 6.07) is 11.9. The molecule has 4 nitrogen and oxygen atoms in total. The minimum absolute atomic E-state index is 0.535. The standard InChI is InChI=1S/C20H20N2O2/c1-4-15-7-9-16(10-8-15)24-20-17(6-5-11-22-20)18-13-21-12-14(2)19(18)23-3/h5-13H,4H2,1-3H3. The lowest BCUT2D eigenvalue weighted by Crippen LogP contribution is -1.96. The van der Waals surface area contributed by atoms with Crippen LogP contribution in [0.5, 0.6) is 17.4 Å². The van der Waals surface area contributed by atoms with Crippen LogP contribution in [0.15, 0.2) is 55.0 Å². The maximum absolute atomic E-state index is 6.01. The van der Waals surface area contributed by atoms with Gasteiger partial charge in [0.15, 0.2) is 0 Å². The third kappa shape index (κ3) is 3.23. The summed E-state index contributed by atoms with van der Waals surface area (Å²) < 4.78 is 11.6. The van der Waals surface area contributed by atoms with Crippen LogP contribution in [-0.2, 0) is 6.42 Å². The average Bonchev–Trinajstić information content (AvgIpc) is 2.62. The molecule has 0 saturated carbocycles. The summed E-state index contributed by atoms with van der Waals surface area (Å²) in [5.41, 5.74) is 3.96. The van der Waals surface area contributed by atoms with Crippen molar-refractivity contribution in [2.75, 3.05) is 7.11 Å². The molecular weight excluding hydrogens is 300 g/mol. The molecule has 1 aromatic carbocycles. The zero-order valence-electron chi connectivity index (χ0n) is 14.1. The number of benzene rings is 1. The Hall–Kier alpha value is -2.88. The van der Waals surface area contributed by atoms with Crippen molar-refractivity contribution >= 4 is 0 Å². The highest BCUT2D eigenvalue weighted by atomic mass is 16.5. The van der Waals surface area contributed by atoms with Gasteiger partial charge in [0.25, 0.3) is 0 Å². The number of hydrogen-bond donors (Lipinski definition) is 0. The maximum Gasteiger partial charge on any atom is 0.227 e. The molecule has 0 aliphatic heterocycles. The van der Waals surface area contributed by atoms with Gasteiger partial charge in [-0.25, -0.2) is 4.98 Å². The smallest absolute Gasteiger partial charge is 0.227 e. The number of rotatable bonds is 5. The van der Waals surface area contributed by atoms with E-state index >= 15 is 0 Å². The van der Waals surface area contributed by atoms with Gasteiger partial charge in [0.05, 0.1) is 7.11 Å². The van der Waals surface area contributed by atoms with E-state index in [0.717, 1.165) is 34.6 Å². The first-order chi connectivity index (χ1) is 11.7. The number of ether oxygens (including phenoxy) is 2. The molecule has 4 heteroatoms. The van der Waals surface area contributed by atoms with Crippen LogP contribution in [0.1, 0.15) is 18.1 Å². The van der Waals surface area contributed by atoms with E-state index in [1.807, 2.05) is 31.2 Å². The fraction of sp³-hybridized carbons (Fsp3) is 0.200. The zero-order valence-corrected chi connectivity index (χ0v) is 14.1. The topological polar surface area (TPSA) is 44.2 Å². The summed E-state index contributed by atoms with van der Waals surface area (Å²) in [6.07, 6.45) is 6.27. The number of pyridine rings is 2. The fourth-order valence-electron chi connectivity index (χ4n) is 2.60. The summed E-state index contributed by atoms with van der Waals surface area (Å²) in [6.45, 7) is 4.10. The molecule has 122 valence electrons. The van der Waals surface area contributed by atoms with Gasteiger partial charge in [-0.1, -0.05) is 19.1 Å². The summed E-state index contributed by atoms with van der Waals surface area (Å²) in [5, 5.41) is 0. The highest BCUT2D eigenvalue weighted by Crippen LogP contribution is 2.37. The minimum Gasteiger partial charge on any atom is -0.496 e. The van der Waals surface area contributed by atoms with Gasteiger partial charge in [0.2, 0.25) is 5.88 Å². The van der Waals surface area contributed by atoms with Crippen LogP contribution in [0.4, 0.5) is 0 Å². The van der Waals surface area contributed by atoms with Crippen LogP contribution in [0.2, 0.25) is 0 Å². The van der Waals surface area contributed by atoms with Gasteiger partial charge in [-0.15, -0.1) is 0 Å². The molecule has 24 heavy (non-hydrogen) atoms. The molecule has 0 spiro atoms. The van der Waals surface area contributed by atoms with Crippen LogP contribution in [-0.4, -0.2) is 17.1 Å². The number of hydrogen-bond acceptors (Lipinski definition) is 4. The fourth-order valence-corrected chi connectivity index (χ4v) is 2.60. The molecule has 0 atom stereocenters. The molecule has 0 bridgehead atoms. The van der Waals surface area contributed by atoms with Crippen LogP contribution >= 0.6 is 0 Å². The first-order valence-electron chi connectivity index (χ1n) is 7.93. The predicted molar refractivity (Wildman–Crippen MR) is 94.7 cm³/mol. The van der Waals surface area contributed by atoms with Crippen LogP contribution in [0, 0.1) is 6.92 Å². The average molecular weight is 320 g/mol. The lowest BCUT2D eigenvalue weighted by molar-refractivity contribution is 0.412. The van der Waals surface area contributed by atoms with E-state index in [1.165, 1.54) is 5.56 Å². The van der Waals surface area contributed by atoms with Crippen molar-refractivity contribution in [2.24, 2.45) is 0 Å². The van der Waals surface area contributed by atoms with Gasteiger partial charge in [0.1, 0.15) is 11.5 Å². The summed E-state index contributed by atoms with van der Waals surface area (Å²) in [7, 11) is 1.66. The molecule has 0 aliphatic rings. The van der Waals surface area contributed by atoms with Crippen molar-refractivity contribution < 1.29 is 9.47 Å². The van der Waals surface area contributed by atoms with E-state index < -0.39 is 0 Å². The van der Waals surface area contributed by atoms with Gasteiger partial charge in [-0.2, -0.15) is 0 Å². The Bertz CT molecular complexity index is 829. The van der Waals surface area contributed by atoms with E-state index in [9.17, 15) is 0 Å². The normalized spacial score (nSPS) is 10.5. The van der Waals surface area contributed by atoms with E-state index in [4.69, 9.17) is 9.47 Å². The molecule has 0 unspecified atom stereocenters. The highest BCUT2D eigenvalue weighted by molar-refractivity contribution is 5.75. The molecule has 0 radical (unpaired) electrons. The monoisotopic (exact) mass is 320 g/mol. The van der Waals surface area contributed by atoms with E-state index in [1.54, 1.807) is 25.7 Å². The first kappa shape index (κ1) is 16.0. The Morgan fingerprint density at radius 1 is 1.00 bits per heavy atom. The van der Waals surface area contributed by atoms with Crippen molar-refractivity contribution in [3.63, 3.8) is 0 Å². The van der Waals surface area contributed by atoms with Gasteiger partial charge in [-0.05, 0) is 43.2 Å². The van der Waals surface area contributed by atoms with Gasteiger partial charge in [0, 0.05) is 35.3 Å². The summed E-state index contributed by atoms with van der Waals surface area (Å²) in [5.74, 6) is 2.07. The zero-order chi connectivity index (χ0) is 16.9. The second kappa shape index (κ2) is 7.13. The Balaban J connectivity index is 2.00.